The van der Waals surface area contributed by atoms with Crippen LogP contribution in [0.3, 0.4) is 0 Å². The maximum absolute atomic E-state index is 12.1. The van der Waals surface area contributed by atoms with Crippen LogP contribution in [0, 0.1) is 11.8 Å². The highest BCUT2D eigenvalue weighted by molar-refractivity contribution is 5.76. The van der Waals surface area contributed by atoms with Crippen molar-refractivity contribution in [3.63, 3.8) is 0 Å². The van der Waals surface area contributed by atoms with Crippen molar-refractivity contribution in [3.05, 3.63) is 0 Å². The molecule has 1 amide bonds. The lowest BCUT2D eigenvalue weighted by molar-refractivity contribution is -0.123. The van der Waals surface area contributed by atoms with E-state index in [1.165, 1.54) is 38.8 Å². The van der Waals surface area contributed by atoms with Crippen molar-refractivity contribution in [3.8, 4) is 0 Å². The highest BCUT2D eigenvalue weighted by Gasteiger charge is 2.34. The van der Waals surface area contributed by atoms with E-state index in [1.807, 2.05) is 0 Å². The van der Waals surface area contributed by atoms with Crippen LogP contribution in [-0.2, 0) is 4.79 Å². The van der Waals surface area contributed by atoms with Gasteiger partial charge < -0.3 is 15.5 Å². The zero-order valence-electron chi connectivity index (χ0n) is 11.9. The van der Waals surface area contributed by atoms with Crippen LogP contribution in [0.2, 0.25) is 0 Å². The number of nitrogens with zero attached hydrogens (tertiary/aromatic N) is 1. The van der Waals surface area contributed by atoms with E-state index in [9.17, 15) is 4.79 Å². The third-order valence-electron chi connectivity index (χ3n) is 5.24. The van der Waals surface area contributed by atoms with Crippen molar-refractivity contribution in [1.29, 1.82) is 0 Å². The molecular formula is C15H27N3O. The molecule has 4 saturated heterocycles. The van der Waals surface area contributed by atoms with E-state index in [0.717, 1.165) is 44.3 Å². The summed E-state index contributed by atoms with van der Waals surface area (Å²) < 4.78 is 0. The van der Waals surface area contributed by atoms with E-state index >= 15 is 0 Å². The molecule has 0 aliphatic carbocycles. The van der Waals surface area contributed by atoms with Crippen LogP contribution >= 0.6 is 0 Å². The first-order chi connectivity index (χ1) is 9.31. The van der Waals surface area contributed by atoms with E-state index in [4.69, 9.17) is 0 Å². The number of carbonyl (C=O) groups is 1. The molecule has 19 heavy (non-hydrogen) atoms. The minimum Gasteiger partial charge on any atom is -0.352 e. The lowest BCUT2D eigenvalue weighted by Crippen LogP contribution is -2.57. The molecule has 4 nitrogen and oxygen atoms in total. The maximum Gasteiger partial charge on any atom is 0.220 e. The molecule has 0 radical (unpaired) electrons. The fourth-order valence-electron chi connectivity index (χ4n) is 3.91. The summed E-state index contributed by atoms with van der Waals surface area (Å²) in [6.07, 6.45) is 6.85. The van der Waals surface area contributed by atoms with Gasteiger partial charge in [-0.3, -0.25) is 4.79 Å². The zero-order chi connectivity index (χ0) is 13.1. The second-order valence-corrected chi connectivity index (χ2v) is 6.54. The summed E-state index contributed by atoms with van der Waals surface area (Å²) in [6.45, 7) is 5.83. The Morgan fingerprint density at radius 2 is 1.89 bits per heavy atom. The van der Waals surface area contributed by atoms with Gasteiger partial charge in [-0.05, 0) is 70.1 Å². The average Bonchev–Trinajstić information content (AvgIpc) is 2.47. The Bertz CT molecular complexity index is 307. The fourth-order valence-corrected chi connectivity index (χ4v) is 3.91. The predicted octanol–water partition coefficient (Wildman–Crippen LogP) is 0.977. The van der Waals surface area contributed by atoms with Crippen LogP contribution < -0.4 is 10.6 Å². The summed E-state index contributed by atoms with van der Waals surface area (Å²) in [5, 5.41) is 6.67. The van der Waals surface area contributed by atoms with E-state index in [-0.39, 0.29) is 5.91 Å². The molecule has 0 aromatic carbocycles. The van der Waals surface area contributed by atoms with Crippen LogP contribution in [-0.4, -0.2) is 49.6 Å². The van der Waals surface area contributed by atoms with Gasteiger partial charge in [0.1, 0.15) is 0 Å². The topological polar surface area (TPSA) is 44.4 Å². The Kier molecular flexibility index (Phi) is 4.38. The highest BCUT2D eigenvalue weighted by atomic mass is 16.1. The number of hydrogen-bond acceptors (Lipinski definition) is 3. The number of fused-ring (bicyclic) bond motifs is 3. The first kappa shape index (κ1) is 13.4. The van der Waals surface area contributed by atoms with Crippen LogP contribution in [0.25, 0.3) is 0 Å². The van der Waals surface area contributed by atoms with E-state index in [1.54, 1.807) is 0 Å². The Hall–Kier alpha value is -0.610. The van der Waals surface area contributed by atoms with Gasteiger partial charge in [-0.25, -0.2) is 0 Å². The molecule has 4 aliphatic rings. The lowest BCUT2D eigenvalue weighted by atomic mass is 9.84. The van der Waals surface area contributed by atoms with E-state index in [0.29, 0.717) is 6.04 Å². The van der Waals surface area contributed by atoms with Gasteiger partial charge in [0.05, 0.1) is 0 Å². The minimum atomic E-state index is 0.289. The second kappa shape index (κ2) is 6.23. The summed E-state index contributed by atoms with van der Waals surface area (Å²) in [4.78, 5) is 14.6. The van der Waals surface area contributed by atoms with Gasteiger partial charge in [-0.1, -0.05) is 0 Å². The van der Waals surface area contributed by atoms with Crippen molar-refractivity contribution in [2.75, 3.05) is 32.7 Å². The molecule has 4 rings (SSSR count). The molecule has 1 unspecified atom stereocenters. The molecule has 4 aliphatic heterocycles. The molecule has 0 aromatic rings. The Morgan fingerprint density at radius 1 is 1.16 bits per heavy atom. The summed E-state index contributed by atoms with van der Waals surface area (Å²) in [5.41, 5.74) is 0. The van der Waals surface area contributed by atoms with Gasteiger partial charge in [0.25, 0.3) is 0 Å². The van der Waals surface area contributed by atoms with Gasteiger partial charge in [-0.15, -0.1) is 0 Å². The first-order valence-corrected chi connectivity index (χ1v) is 8.03. The van der Waals surface area contributed by atoms with Crippen molar-refractivity contribution >= 4 is 5.91 Å². The normalized spacial score (nSPS) is 35.3. The number of hydrogen-bond donors (Lipinski definition) is 2. The monoisotopic (exact) mass is 265 g/mol. The number of rotatable bonds is 4. The Balaban J connectivity index is 1.39. The predicted molar refractivity (Wildman–Crippen MR) is 75.9 cm³/mol. The van der Waals surface area contributed by atoms with Crippen LogP contribution in [0.1, 0.15) is 38.5 Å². The SMILES string of the molecule is O=C(CCC1CCNCC1)NC1CN2CCC1CC2. The molecule has 4 heteroatoms. The number of piperidine rings is 4. The standard InChI is InChI=1S/C15H27N3O/c19-15(2-1-12-3-7-16-8-4-12)17-14-11-18-9-5-13(14)6-10-18/h12-14,16H,1-11H2,(H,17,19). The van der Waals surface area contributed by atoms with Crippen molar-refractivity contribution in [1.82, 2.24) is 15.5 Å². The van der Waals surface area contributed by atoms with Gasteiger partial charge in [0.15, 0.2) is 0 Å². The summed E-state index contributed by atoms with van der Waals surface area (Å²) in [6, 6.07) is 0.433. The lowest BCUT2D eigenvalue weighted by Gasteiger charge is -2.45. The molecule has 2 bridgehead atoms. The zero-order valence-corrected chi connectivity index (χ0v) is 11.9. The van der Waals surface area contributed by atoms with Gasteiger partial charge in [0, 0.05) is 19.0 Å². The first-order valence-electron chi connectivity index (χ1n) is 8.03. The van der Waals surface area contributed by atoms with Crippen molar-refractivity contribution in [2.24, 2.45) is 11.8 Å². The molecule has 0 aromatic heterocycles. The van der Waals surface area contributed by atoms with Crippen LogP contribution in [0.15, 0.2) is 0 Å². The van der Waals surface area contributed by atoms with Crippen molar-refractivity contribution in [2.45, 2.75) is 44.6 Å². The average molecular weight is 265 g/mol. The molecule has 4 heterocycles. The highest BCUT2D eigenvalue weighted by Crippen LogP contribution is 2.27. The third-order valence-corrected chi connectivity index (χ3v) is 5.24. The van der Waals surface area contributed by atoms with Gasteiger partial charge in [-0.2, -0.15) is 0 Å². The quantitative estimate of drug-likeness (QED) is 0.796. The minimum absolute atomic E-state index is 0.289. The fraction of sp³-hybridized carbons (Fsp3) is 0.933. The van der Waals surface area contributed by atoms with Crippen LogP contribution in [0.4, 0.5) is 0 Å². The Morgan fingerprint density at radius 3 is 2.53 bits per heavy atom. The van der Waals surface area contributed by atoms with E-state index < -0.39 is 0 Å². The molecule has 0 saturated carbocycles. The molecule has 1 atom stereocenters. The third kappa shape index (κ3) is 3.48. The van der Waals surface area contributed by atoms with Gasteiger partial charge in [0.2, 0.25) is 5.91 Å². The summed E-state index contributed by atoms with van der Waals surface area (Å²) >= 11 is 0. The largest absolute Gasteiger partial charge is 0.352 e. The molecule has 0 spiro atoms. The van der Waals surface area contributed by atoms with Crippen molar-refractivity contribution < 1.29 is 4.79 Å². The number of nitrogens with one attached hydrogen (secondary N) is 2. The Labute approximate surface area is 116 Å². The number of carbonyl (C=O) groups excluding carboxylic acids is 1. The van der Waals surface area contributed by atoms with Crippen LogP contribution in [0.5, 0.6) is 0 Å². The van der Waals surface area contributed by atoms with Gasteiger partial charge >= 0.3 is 0 Å². The van der Waals surface area contributed by atoms with E-state index in [2.05, 4.69) is 15.5 Å². The summed E-state index contributed by atoms with van der Waals surface area (Å²) in [7, 11) is 0. The number of amides is 1. The second-order valence-electron chi connectivity index (χ2n) is 6.54. The smallest absolute Gasteiger partial charge is 0.220 e. The molecule has 108 valence electrons. The molecular weight excluding hydrogens is 238 g/mol. The maximum atomic E-state index is 12.1. The summed E-state index contributed by atoms with van der Waals surface area (Å²) in [5.74, 6) is 1.80. The molecule has 4 fully saturated rings. The molecule has 2 N–H and O–H groups in total.